The fourth-order valence-electron chi connectivity index (χ4n) is 1.92. The summed E-state index contributed by atoms with van der Waals surface area (Å²) in [5.41, 5.74) is 0.737. The average molecular weight is 423 g/mol. The highest BCUT2D eigenvalue weighted by molar-refractivity contribution is 9.10. The first kappa shape index (κ1) is 16.4. The van der Waals surface area contributed by atoms with Crippen LogP contribution >= 0.6 is 31.9 Å². The Morgan fingerprint density at radius 1 is 0.952 bits per heavy atom. The monoisotopic (exact) mass is 421 g/mol. The molecule has 0 aliphatic carbocycles. The molecule has 1 nitrogen and oxygen atoms in total. The second-order valence-electron chi connectivity index (χ2n) is 4.64. The van der Waals surface area contributed by atoms with E-state index in [2.05, 4.69) is 37.2 Å². The third-order valence-electron chi connectivity index (χ3n) is 2.98. The molecule has 0 heterocycles. The van der Waals surface area contributed by atoms with Crippen molar-refractivity contribution < 1.29 is 13.2 Å². The molecule has 0 spiro atoms. The average Bonchev–Trinajstić information content (AvgIpc) is 2.37. The van der Waals surface area contributed by atoms with Crippen LogP contribution in [0.5, 0.6) is 0 Å². The van der Waals surface area contributed by atoms with Crippen LogP contribution in [0.3, 0.4) is 0 Å². The van der Waals surface area contributed by atoms with Crippen molar-refractivity contribution in [2.24, 2.45) is 0 Å². The standard InChI is InChI=1S/C15H12Br2F3N/c1-9(10-2-4-12(16)5-3-10)21-14-7-11(15(18,19)20)6-13(17)8-14/h2-9,21H,1H3. The molecule has 21 heavy (non-hydrogen) atoms. The second-order valence-corrected chi connectivity index (χ2v) is 6.48. The van der Waals surface area contributed by atoms with Crippen LogP contribution in [0.15, 0.2) is 51.4 Å². The smallest absolute Gasteiger partial charge is 0.378 e. The lowest BCUT2D eigenvalue weighted by atomic mass is 10.1. The van der Waals surface area contributed by atoms with Crippen molar-refractivity contribution in [3.63, 3.8) is 0 Å². The summed E-state index contributed by atoms with van der Waals surface area (Å²) in [4.78, 5) is 0. The van der Waals surface area contributed by atoms with Crippen LogP contribution in [-0.4, -0.2) is 0 Å². The maximum absolute atomic E-state index is 12.8. The zero-order chi connectivity index (χ0) is 15.6. The van der Waals surface area contributed by atoms with E-state index in [9.17, 15) is 13.2 Å². The van der Waals surface area contributed by atoms with Gasteiger partial charge in [0.1, 0.15) is 0 Å². The summed E-state index contributed by atoms with van der Waals surface area (Å²) in [7, 11) is 0. The van der Waals surface area contributed by atoms with Gasteiger partial charge in [-0.1, -0.05) is 44.0 Å². The zero-order valence-corrected chi connectivity index (χ0v) is 14.2. The van der Waals surface area contributed by atoms with Crippen LogP contribution in [0, 0.1) is 0 Å². The van der Waals surface area contributed by atoms with Gasteiger partial charge in [0.2, 0.25) is 0 Å². The summed E-state index contributed by atoms with van der Waals surface area (Å²) in [5, 5.41) is 3.09. The Bertz CT molecular complexity index is 624. The van der Waals surface area contributed by atoms with E-state index in [-0.39, 0.29) is 6.04 Å². The van der Waals surface area contributed by atoms with E-state index in [1.54, 1.807) is 6.07 Å². The van der Waals surface area contributed by atoms with Gasteiger partial charge in [-0.2, -0.15) is 13.2 Å². The first-order chi connectivity index (χ1) is 9.75. The molecule has 0 aliphatic heterocycles. The van der Waals surface area contributed by atoms with E-state index < -0.39 is 11.7 Å². The van der Waals surface area contributed by atoms with Crippen molar-refractivity contribution >= 4 is 37.5 Å². The summed E-state index contributed by atoms with van der Waals surface area (Å²) in [6.07, 6.45) is -4.36. The van der Waals surface area contributed by atoms with Gasteiger partial charge in [-0.25, -0.2) is 0 Å². The van der Waals surface area contributed by atoms with Gasteiger partial charge >= 0.3 is 6.18 Å². The molecule has 0 fully saturated rings. The largest absolute Gasteiger partial charge is 0.416 e. The van der Waals surface area contributed by atoms with E-state index in [1.807, 2.05) is 31.2 Å². The third kappa shape index (κ3) is 4.48. The van der Waals surface area contributed by atoms with Gasteiger partial charge in [0.25, 0.3) is 0 Å². The fourth-order valence-corrected chi connectivity index (χ4v) is 2.68. The van der Waals surface area contributed by atoms with Crippen molar-refractivity contribution in [2.75, 3.05) is 5.32 Å². The lowest BCUT2D eigenvalue weighted by Crippen LogP contribution is -2.09. The zero-order valence-electron chi connectivity index (χ0n) is 11.0. The fraction of sp³-hybridized carbons (Fsp3) is 0.200. The predicted molar refractivity (Wildman–Crippen MR) is 85.3 cm³/mol. The molecule has 2 aromatic rings. The first-order valence-electron chi connectivity index (χ1n) is 6.15. The predicted octanol–water partition coefficient (Wildman–Crippen LogP) is 6.40. The number of rotatable bonds is 3. The molecular formula is C15H12Br2F3N. The van der Waals surface area contributed by atoms with Crippen molar-refractivity contribution in [3.8, 4) is 0 Å². The molecule has 0 bridgehead atoms. The molecule has 112 valence electrons. The highest BCUT2D eigenvalue weighted by Gasteiger charge is 2.31. The van der Waals surface area contributed by atoms with Crippen molar-refractivity contribution in [3.05, 3.63) is 62.5 Å². The Balaban J connectivity index is 2.23. The van der Waals surface area contributed by atoms with Gasteiger partial charge in [0.05, 0.1) is 5.56 Å². The lowest BCUT2D eigenvalue weighted by Gasteiger charge is -2.17. The Morgan fingerprint density at radius 2 is 1.57 bits per heavy atom. The number of alkyl halides is 3. The molecule has 6 heteroatoms. The summed E-state index contributed by atoms with van der Waals surface area (Å²) in [6, 6.07) is 11.3. The topological polar surface area (TPSA) is 12.0 Å². The van der Waals surface area contributed by atoms with Gasteiger partial charge < -0.3 is 5.32 Å². The molecule has 0 radical (unpaired) electrons. The number of anilines is 1. The van der Waals surface area contributed by atoms with E-state index >= 15 is 0 Å². The molecule has 0 amide bonds. The summed E-state index contributed by atoms with van der Waals surface area (Å²) < 4.78 is 39.7. The van der Waals surface area contributed by atoms with Crippen LogP contribution < -0.4 is 5.32 Å². The van der Waals surface area contributed by atoms with Crippen molar-refractivity contribution in [1.82, 2.24) is 0 Å². The summed E-state index contributed by atoms with van der Waals surface area (Å²) in [6.45, 7) is 1.90. The van der Waals surface area contributed by atoms with Gasteiger partial charge in [-0.3, -0.25) is 0 Å². The molecular weight excluding hydrogens is 411 g/mol. The molecule has 0 aromatic heterocycles. The van der Waals surface area contributed by atoms with E-state index in [0.717, 1.165) is 22.2 Å². The molecule has 2 aromatic carbocycles. The van der Waals surface area contributed by atoms with Crippen LogP contribution in [0.4, 0.5) is 18.9 Å². The summed E-state index contributed by atoms with van der Waals surface area (Å²) >= 11 is 6.47. The van der Waals surface area contributed by atoms with Crippen molar-refractivity contribution in [1.29, 1.82) is 0 Å². The van der Waals surface area contributed by atoms with Gasteiger partial charge in [-0.05, 0) is 42.8 Å². The Hall–Kier alpha value is -1.01. The Labute approximate surface area is 137 Å². The quantitative estimate of drug-likeness (QED) is 0.603. The maximum Gasteiger partial charge on any atom is 0.416 e. The number of halogens is 5. The molecule has 1 atom stereocenters. The van der Waals surface area contributed by atoms with Gasteiger partial charge in [0.15, 0.2) is 0 Å². The number of nitrogens with one attached hydrogen (secondary N) is 1. The third-order valence-corrected chi connectivity index (χ3v) is 3.96. The van der Waals surface area contributed by atoms with E-state index in [1.165, 1.54) is 0 Å². The van der Waals surface area contributed by atoms with Crippen LogP contribution in [-0.2, 0) is 6.18 Å². The molecule has 0 aliphatic rings. The Morgan fingerprint density at radius 3 is 2.14 bits per heavy atom. The number of benzene rings is 2. The molecule has 0 saturated heterocycles. The van der Waals surface area contributed by atoms with E-state index in [0.29, 0.717) is 10.2 Å². The molecule has 2 rings (SSSR count). The van der Waals surface area contributed by atoms with Crippen LogP contribution in [0.1, 0.15) is 24.1 Å². The molecule has 0 saturated carbocycles. The minimum absolute atomic E-state index is 0.103. The Kier molecular flexibility index (Phi) is 4.99. The first-order valence-corrected chi connectivity index (χ1v) is 7.74. The van der Waals surface area contributed by atoms with Gasteiger partial charge in [0, 0.05) is 20.7 Å². The van der Waals surface area contributed by atoms with E-state index in [4.69, 9.17) is 0 Å². The summed E-state index contributed by atoms with van der Waals surface area (Å²) in [5.74, 6) is 0. The normalized spacial score (nSPS) is 13.0. The number of hydrogen-bond donors (Lipinski definition) is 1. The maximum atomic E-state index is 12.8. The second kappa shape index (κ2) is 6.40. The number of hydrogen-bond acceptors (Lipinski definition) is 1. The lowest BCUT2D eigenvalue weighted by molar-refractivity contribution is -0.137. The molecule has 1 N–H and O–H groups in total. The minimum atomic E-state index is -4.36. The van der Waals surface area contributed by atoms with Crippen LogP contribution in [0.2, 0.25) is 0 Å². The van der Waals surface area contributed by atoms with Gasteiger partial charge in [-0.15, -0.1) is 0 Å². The molecule has 1 unspecified atom stereocenters. The minimum Gasteiger partial charge on any atom is -0.378 e. The highest BCUT2D eigenvalue weighted by Crippen LogP contribution is 2.34. The SMILES string of the molecule is CC(Nc1cc(Br)cc(C(F)(F)F)c1)c1ccc(Br)cc1. The highest BCUT2D eigenvalue weighted by atomic mass is 79.9. The van der Waals surface area contributed by atoms with Crippen LogP contribution in [0.25, 0.3) is 0 Å². The van der Waals surface area contributed by atoms with Crippen molar-refractivity contribution in [2.45, 2.75) is 19.1 Å².